The maximum atomic E-state index is 12.2. The molecule has 122 valence electrons. The monoisotopic (exact) mass is 309 g/mol. The lowest BCUT2D eigenvalue weighted by atomic mass is 9.94. The Morgan fingerprint density at radius 1 is 1.23 bits per heavy atom. The molecule has 1 unspecified atom stereocenters. The molecule has 0 saturated carbocycles. The van der Waals surface area contributed by atoms with Gasteiger partial charge in [-0.2, -0.15) is 0 Å². The molecule has 6 nitrogen and oxygen atoms in total. The van der Waals surface area contributed by atoms with Gasteiger partial charge in [-0.1, -0.05) is 30.3 Å². The standard InChI is InChI=1S/C16H23NO5/c1-11(21-10-12-8-6-5-7-9-12)16(17,13(18)19)14(20)22-15(2,3)4/h5-9,11H,10,17H2,1-4H3,(H,18,19)/t11?,16-/m0/s1. The summed E-state index contributed by atoms with van der Waals surface area (Å²) in [6, 6.07) is 9.20. The Labute approximate surface area is 130 Å². The van der Waals surface area contributed by atoms with Crippen LogP contribution in [0.4, 0.5) is 0 Å². The Morgan fingerprint density at radius 3 is 2.23 bits per heavy atom. The number of esters is 1. The largest absolute Gasteiger partial charge is 0.479 e. The van der Waals surface area contributed by atoms with Crippen LogP contribution in [-0.4, -0.2) is 34.3 Å². The summed E-state index contributed by atoms with van der Waals surface area (Å²) in [7, 11) is 0. The zero-order valence-corrected chi connectivity index (χ0v) is 13.3. The summed E-state index contributed by atoms with van der Waals surface area (Å²) in [6.07, 6.45) is -1.06. The first-order chi connectivity index (χ1) is 10.1. The van der Waals surface area contributed by atoms with Gasteiger partial charge >= 0.3 is 11.9 Å². The summed E-state index contributed by atoms with van der Waals surface area (Å²) in [5, 5.41) is 9.36. The predicted molar refractivity (Wildman–Crippen MR) is 81.1 cm³/mol. The second-order valence-electron chi connectivity index (χ2n) is 6.11. The van der Waals surface area contributed by atoms with E-state index in [2.05, 4.69) is 0 Å². The number of nitrogens with two attached hydrogens (primary N) is 1. The van der Waals surface area contributed by atoms with Gasteiger partial charge in [0, 0.05) is 0 Å². The molecular weight excluding hydrogens is 286 g/mol. The third kappa shape index (κ3) is 4.54. The van der Waals surface area contributed by atoms with E-state index >= 15 is 0 Å². The van der Waals surface area contributed by atoms with Gasteiger partial charge in [0.15, 0.2) is 0 Å². The molecule has 0 aliphatic carbocycles. The molecule has 1 aromatic carbocycles. The Hall–Kier alpha value is -1.92. The lowest BCUT2D eigenvalue weighted by Crippen LogP contribution is -2.64. The molecule has 0 amide bonds. The molecule has 0 spiro atoms. The fraction of sp³-hybridized carbons (Fsp3) is 0.500. The molecule has 22 heavy (non-hydrogen) atoms. The first kappa shape index (κ1) is 18.1. The molecule has 0 fully saturated rings. The number of hydrogen-bond donors (Lipinski definition) is 2. The highest BCUT2D eigenvalue weighted by molar-refractivity contribution is 6.04. The molecule has 0 heterocycles. The molecule has 1 aromatic rings. The number of rotatable bonds is 6. The number of benzene rings is 1. The van der Waals surface area contributed by atoms with Crippen molar-refractivity contribution in [2.45, 2.75) is 51.5 Å². The molecule has 6 heteroatoms. The number of carboxylic acids is 1. The van der Waals surface area contributed by atoms with Gasteiger partial charge in [0.2, 0.25) is 5.54 Å². The summed E-state index contributed by atoms with van der Waals surface area (Å²) in [6.45, 7) is 6.52. The zero-order valence-electron chi connectivity index (χ0n) is 13.3. The number of hydrogen-bond acceptors (Lipinski definition) is 5. The van der Waals surface area contributed by atoms with Crippen molar-refractivity contribution in [3.05, 3.63) is 35.9 Å². The van der Waals surface area contributed by atoms with Crippen molar-refractivity contribution < 1.29 is 24.2 Å². The van der Waals surface area contributed by atoms with Gasteiger partial charge in [-0.25, -0.2) is 9.59 Å². The minimum atomic E-state index is -2.26. The first-order valence-electron chi connectivity index (χ1n) is 6.98. The summed E-state index contributed by atoms with van der Waals surface area (Å²) in [4.78, 5) is 23.7. The van der Waals surface area contributed by atoms with Crippen molar-refractivity contribution in [3.63, 3.8) is 0 Å². The van der Waals surface area contributed by atoms with Gasteiger partial charge in [-0.15, -0.1) is 0 Å². The van der Waals surface area contributed by atoms with Crippen LogP contribution in [0.15, 0.2) is 30.3 Å². The summed E-state index contributed by atoms with van der Waals surface area (Å²) in [5.74, 6) is -2.50. The third-order valence-electron chi connectivity index (χ3n) is 3.07. The van der Waals surface area contributed by atoms with E-state index < -0.39 is 29.2 Å². The van der Waals surface area contributed by atoms with Crippen LogP contribution < -0.4 is 5.73 Å². The maximum Gasteiger partial charge on any atom is 0.341 e. The minimum absolute atomic E-state index is 0.150. The normalized spacial score (nSPS) is 15.7. The van der Waals surface area contributed by atoms with Crippen molar-refractivity contribution >= 4 is 11.9 Å². The van der Waals surface area contributed by atoms with Gasteiger partial charge in [0.25, 0.3) is 0 Å². The third-order valence-corrected chi connectivity index (χ3v) is 3.07. The number of carbonyl (C=O) groups excluding carboxylic acids is 1. The van der Waals surface area contributed by atoms with Gasteiger partial charge in [-0.3, -0.25) is 0 Å². The molecule has 0 radical (unpaired) electrons. The van der Waals surface area contributed by atoms with Crippen molar-refractivity contribution in [3.8, 4) is 0 Å². The molecule has 1 rings (SSSR count). The smallest absolute Gasteiger partial charge is 0.341 e. The Bertz CT molecular complexity index is 523. The second kappa shape index (κ2) is 6.89. The van der Waals surface area contributed by atoms with Gasteiger partial charge in [0.1, 0.15) is 5.60 Å². The maximum absolute atomic E-state index is 12.2. The molecule has 0 aliphatic rings. The number of carboxylic acid groups (broad SMARTS) is 1. The van der Waals surface area contributed by atoms with Gasteiger partial charge in [-0.05, 0) is 33.3 Å². The van der Waals surface area contributed by atoms with Crippen LogP contribution >= 0.6 is 0 Å². The van der Waals surface area contributed by atoms with E-state index in [4.69, 9.17) is 15.2 Å². The topological polar surface area (TPSA) is 98.9 Å². The van der Waals surface area contributed by atoms with E-state index in [1.807, 2.05) is 30.3 Å². The Morgan fingerprint density at radius 2 is 1.77 bits per heavy atom. The van der Waals surface area contributed by atoms with Crippen LogP contribution in [-0.2, 0) is 25.7 Å². The summed E-state index contributed by atoms with van der Waals surface area (Å²) in [5.41, 5.74) is 3.55. The highest BCUT2D eigenvalue weighted by Crippen LogP contribution is 2.19. The summed E-state index contributed by atoms with van der Waals surface area (Å²) >= 11 is 0. The molecule has 3 N–H and O–H groups in total. The van der Waals surface area contributed by atoms with Crippen LogP contribution in [0.25, 0.3) is 0 Å². The molecule has 2 atom stereocenters. The SMILES string of the molecule is CC(OCc1ccccc1)[C@](N)(C(=O)O)C(=O)OC(C)(C)C. The molecule has 0 aliphatic heterocycles. The highest BCUT2D eigenvalue weighted by Gasteiger charge is 2.51. The van der Waals surface area contributed by atoms with Crippen LogP contribution in [0.3, 0.4) is 0 Å². The quantitative estimate of drug-likeness (QED) is 0.613. The van der Waals surface area contributed by atoms with E-state index in [0.717, 1.165) is 5.56 Å². The summed E-state index contributed by atoms with van der Waals surface area (Å²) < 4.78 is 10.6. The average molecular weight is 309 g/mol. The molecule has 0 saturated heterocycles. The molecular formula is C16H23NO5. The number of aliphatic carboxylic acids is 1. The highest BCUT2D eigenvalue weighted by atomic mass is 16.6. The van der Waals surface area contributed by atoms with Crippen LogP contribution in [0.5, 0.6) is 0 Å². The van der Waals surface area contributed by atoms with E-state index in [0.29, 0.717) is 0 Å². The van der Waals surface area contributed by atoms with Gasteiger partial charge < -0.3 is 20.3 Å². The number of carbonyl (C=O) groups is 2. The van der Waals surface area contributed by atoms with Gasteiger partial charge in [0.05, 0.1) is 12.7 Å². The Balaban J connectivity index is 2.84. The van der Waals surface area contributed by atoms with Crippen molar-refractivity contribution in [2.75, 3.05) is 0 Å². The molecule has 0 aromatic heterocycles. The first-order valence-corrected chi connectivity index (χ1v) is 6.98. The van der Waals surface area contributed by atoms with Crippen molar-refractivity contribution in [1.82, 2.24) is 0 Å². The average Bonchev–Trinajstić information content (AvgIpc) is 2.42. The minimum Gasteiger partial charge on any atom is -0.479 e. The predicted octanol–water partition coefficient (Wildman–Crippen LogP) is 1.72. The van der Waals surface area contributed by atoms with Crippen LogP contribution in [0.1, 0.15) is 33.3 Å². The second-order valence-corrected chi connectivity index (χ2v) is 6.11. The van der Waals surface area contributed by atoms with Crippen molar-refractivity contribution in [1.29, 1.82) is 0 Å². The van der Waals surface area contributed by atoms with E-state index in [1.165, 1.54) is 6.92 Å². The van der Waals surface area contributed by atoms with Crippen LogP contribution in [0, 0.1) is 0 Å². The van der Waals surface area contributed by atoms with E-state index in [-0.39, 0.29) is 6.61 Å². The fourth-order valence-electron chi connectivity index (χ4n) is 1.72. The lowest BCUT2D eigenvalue weighted by Gasteiger charge is -2.32. The molecule has 0 bridgehead atoms. The van der Waals surface area contributed by atoms with Crippen LogP contribution in [0.2, 0.25) is 0 Å². The lowest BCUT2D eigenvalue weighted by molar-refractivity contribution is -0.177. The van der Waals surface area contributed by atoms with Crippen molar-refractivity contribution in [2.24, 2.45) is 5.73 Å². The zero-order chi connectivity index (χ0) is 17.0. The fourth-order valence-corrected chi connectivity index (χ4v) is 1.72. The van der Waals surface area contributed by atoms with E-state index in [1.54, 1.807) is 20.8 Å². The number of ether oxygens (including phenoxy) is 2. The van der Waals surface area contributed by atoms with E-state index in [9.17, 15) is 14.7 Å². The Kier molecular flexibility index (Phi) is 5.68.